The number of halogens is 9. The predicted octanol–water partition coefficient (Wildman–Crippen LogP) is 21.4. The van der Waals surface area contributed by atoms with Crippen LogP contribution in [0.4, 0.5) is 22.0 Å². The molecule has 9 aromatic carbocycles. The van der Waals surface area contributed by atoms with Gasteiger partial charge in [-0.15, -0.1) is 13.2 Å². The first-order chi connectivity index (χ1) is 51.3. The van der Waals surface area contributed by atoms with E-state index < -0.39 is 33.1 Å². The monoisotopic (exact) mass is 1800 g/mol. The molecule has 7 nitrogen and oxygen atoms in total. The third-order valence-electron chi connectivity index (χ3n) is 18.0. The molecule has 0 spiro atoms. The number of aliphatic hydroxyl groups is 1. The maximum Gasteiger partial charge on any atom is 2.00 e. The summed E-state index contributed by atoms with van der Waals surface area (Å²) in [5, 5.41) is 19.3. The van der Waals surface area contributed by atoms with E-state index in [0.29, 0.717) is 43.6 Å². The second-order valence-electron chi connectivity index (χ2n) is 26.0. The Labute approximate surface area is 725 Å². The molecule has 0 radical (unpaired) electrons. The van der Waals surface area contributed by atoms with Crippen LogP contribution in [0.25, 0.3) is 11.6 Å². The van der Waals surface area contributed by atoms with Gasteiger partial charge in [0.1, 0.15) is 34.9 Å². The third-order valence-corrected chi connectivity index (χ3v) is 18.8. The molecule has 3 N–H and O–H groups in total. The molecule has 2 unspecified atom stereocenters. The average molecular weight is 1800 g/mol. The van der Waals surface area contributed by atoms with E-state index in [2.05, 4.69) is 126 Å². The Balaban J connectivity index is -0.00000125. The normalized spacial score (nSPS) is 14.0. The minimum Gasteiger partial charge on any atom is -1.00 e. The smallest absolute Gasteiger partial charge is 1.00 e. The van der Waals surface area contributed by atoms with Crippen LogP contribution in [0.1, 0.15) is 196 Å². The van der Waals surface area contributed by atoms with Gasteiger partial charge in [-0.2, -0.15) is 44.3 Å². The molecule has 112 heavy (non-hydrogen) atoms. The number of carboxylic acids is 1. The van der Waals surface area contributed by atoms with Gasteiger partial charge in [0.25, 0.3) is 10.1 Å². The molecule has 0 amide bonds. The first-order valence-corrected chi connectivity index (χ1v) is 43.7. The van der Waals surface area contributed by atoms with E-state index in [1.165, 1.54) is 125 Å². The number of carboxylic acid groups (broad SMARTS) is 1. The van der Waals surface area contributed by atoms with E-state index in [0.717, 1.165) is 103 Å². The van der Waals surface area contributed by atoms with Crippen LogP contribution in [0.5, 0.6) is 0 Å². The number of fused-ring (bicyclic) bond motifs is 4. The molecule has 0 saturated heterocycles. The van der Waals surface area contributed by atoms with Crippen molar-refractivity contribution in [1.82, 2.24) is 0 Å². The number of hydrogen-bond donors (Lipinski definition) is 3. The third kappa shape index (κ3) is 40.8. The minimum absolute atomic E-state index is 0. The fourth-order valence-electron chi connectivity index (χ4n) is 12.6. The summed E-state index contributed by atoms with van der Waals surface area (Å²) in [7, 11) is 11.2. The summed E-state index contributed by atoms with van der Waals surface area (Å²) < 4.78 is 91.6. The van der Waals surface area contributed by atoms with Crippen LogP contribution in [-0.2, 0) is 123 Å². The van der Waals surface area contributed by atoms with Gasteiger partial charge >= 0.3 is 40.4 Å². The van der Waals surface area contributed by atoms with Gasteiger partial charge in [-0.3, -0.25) is 14.1 Å². The van der Waals surface area contributed by atoms with Crippen molar-refractivity contribution in [2.45, 2.75) is 188 Å². The van der Waals surface area contributed by atoms with Crippen LogP contribution >= 0.6 is 30.1 Å². The molecule has 0 bridgehead atoms. The Kier molecular flexibility index (Phi) is 57.3. The number of Topliss-reactive ketones (excluding diaryl/α,β-unsaturated/α-hetero) is 1. The minimum atomic E-state index is -3.66. The Morgan fingerprint density at radius 2 is 0.938 bits per heavy atom. The fourth-order valence-corrected chi connectivity index (χ4v) is 12.6. The number of aryl methyl sites for hydroxylation is 8. The summed E-state index contributed by atoms with van der Waals surface area (Å²) >= 11 is -1.72. The van der Waals surface area contributed by atoms with Crippen molar-refractivity contribution in [3.63, 3.8) is 0 Å². The summed E-state index contributed by atoms with van der Waals surface area (Å²) in [6.45, 7) is 20.1. The first kappa shape index (κ1) is 108. The number of hydrogen-bond acceptors (Lipinski definition) is 5. The Morgan fingerprint density at radius 1 is 0.545 bits per heavy atom. The molecule has 4 aliphatic rings. The second kappa shape index (κ2) is 59.1. The van der Waals surface area contributed by atoms with Gasteiger partial charge in [0.2, 0.25) is 0 Å². The largest absolute Gasteiger partial charge is 2.00 e. The van der Waals surface area contributed by atoms with Crippen molar-refractivity contribution in [1.29, 1.82) is 0 Å². The van der Waals surface area contributed by atoms with Crippen LogP contribution in [0.2, 0.25) is 0 Å². The molecule has 2 atom stereocenters. The van der Waals surface area contributed by atoms with Crippen molar-refractivity contribution in [3.05, 3.63) is 346 Å². The zero-order valence-electron chi connectivity index (χ0n) is 66.3. The average Bonchev–Trinajstić information content (AvgIpc) is 0.781. The van der Waals surface area contributed by atoms with Crippen LogP contribution in [0.15, 0.2) is 207 Å². The van der Waals surface area contributed by atoms with E-state index >= 15 is 0 Å². The predicted molar refractivity (Wildman–Crippen MR) is 457 cm³/mol. The zero-order chi connectivity index (χ0) is 78.9. The number of carbonyl (C=O) groups excluding carboxylic acids is 1. The maximum absolute atomic E-state index is 13.3. The summed E-state index contributed by atoms with van der Waals surface area (Å²) in [4.78, 5) is 21.2. The van der Waals surface area contributed by atoms with E-state index in [-0.39, 0.29) is 124 Å². The maximum atomic E-state index is 13.3. The number of aliphatic carboxylic acids is 1. The van der Waals surface area contributed by atoms with Gasteiger partial charge in [-0.1, -0.05) is 189 Å². The molecule has 0 saturated carbocycles. The number of carbonyl (C=O) groups is 2. The molecule has 9 aromatic rings. The molecule has 608 valence electrons. The van der Waals surface area contributed by atoms with Gasteiger partial charge in [-0.25, -0.2) is 52.1 Å². The van der Waals surface area contributed by atoms with Crippen molar-refractivity contribution in [2.24, 2.45) is 0 Å². The molecule has 13 rings (SSSR count). The summed E-state index contributed by atoms with van der Waals surface area (Å²) in [5.74, 6) is -1.25. The Morgan fingerprint density at radius 3 is 1.41 bits per heavy atom. The van der Waals surface area contributed by atoms with Crippen molar-refractivity contribution < 1.29 is 93.6 Å². The first-order valence-electron chi connectivity index (χ1n) is 36.9. The fraction of sp³-hybridized carbons (Fsp3) is 0.326. The molecule has 0 heterocycles. The van der Waals surface area contributed by atoms with Gasteiger partial charge < -0.3 is 42.0 Å². The molecule has 0 aliphatic heterocycles. The standard InChI is InChI=1S/C19H21FO.C19H21F.C19H19F.C10H9FO.C9H11.C8H7FO2.C2H6O3S.C2H6.C2H4.2CH3.Al.BrH.3ClH.Mg.Pd.H2/c1-2-3-14-4-7-17(8-5-14)19(21)11-10-15-12-18(20)9-6-16(15)13-19;2*1-2-3-14-4-6-15(7-5-14)16-8-9-18-13-19(20)11-10-17(18)12-16;11-9-3-1-8-6-10(12)4-2-7(8)5-9;1-2-6-9-7-4-3-5-8-9;9-7-3-1-6(2-4-7)5-8(10)11;1-2-6(3,4)5;2*1-2;;;;;;;;;;/h4-9,12,21H,2-3,10-11,13H2,1H3;4-7,10-11,13,16H,2-3,8-9,12H2,1H3;4-7,10-13H,2-3,8-9H2,1H3;1,3,5H,2,4,6H2;4-5,7-8H,2,6H2,1H3;1-4H,5H2,(H,10,11);2H2,1H3,(H,3,4,5);1-2H3;1-2H2;2*1H3;;4*1H;;;1H/q;;;;-1;;;;;2*-1;+3;;;;;+2;;/p-4. The van der Waals surface area contributed by atoms with E-state index in [1.807, 2.05) is 50.2 Å². The topological polar surface area (TPSA) is 129 Å². The second-order valence-corrected chi connectivity index (χ2v) is 34.1. The van der Waals surface area contributed by atoms with Crippen molar-refractivity contribution in [2.75, 3.05) is 5.75 Å². The number of rotatable bonds is 14. The SMILES string of the molecule is C=C.CC.CCCc1cc[c-]cc1.CCCc1ccc(C2(O)CCc3cc(F)ccc3C2)cc1.CCCc1ccc(C2=Cc3ccc(F)cc3CC2)cc1.CCCc1ccc(C2CCc3cc(F)ccc3C2)cc1.CCS(=O)(=O)O.O=C(O)Cc1ccc(F)cc1.O=C1CCc2cc(F)ccc2C1.[Br-].[CH3-].[CH3-].[Cl][Al]([Cl])[Cl].[HH].[Mg+2].[Pd]. The summed E-state index contributed by atoms with van der Waals surface area (Å²) in [6.07, 6.45) is 20.2. The molecule has 0 fully saturated rings. The van der Waals surface area contributed by atoms with Crippen molar-refractivity contribution in [3.8, 4) is 0 Å². The van der Waals surface area contributed by atoms with Crippen molar-refractivity contribution >= 4 is 98.1 Å². The molecule has 4 aliphatic carbocycles. The molecule has 20 heteroatoms. The number of allylic oxidation sites excluding steroid dienone is 1. The van der Waals surface area contributed by atoms with Gasteiger partial charge in [0.05, 0.1) is 17.8 Å². The molecular formula is C92H112AlBrCl3F5MgO7PdS-2. The molecular weight excluding hydrogens is 1690 g/mol. The zero-order valence-corrected chi connectivity index (χ0v) is 75.1. The van der Waals surface area contributed by atoms with Crippen LogP contribution < -0.4 is 17.0 Å². The summed E-state index contributed by atoms with van der Waals surface area (Å²) in [6, 6.07) is 62.7. The summed E-state index contributed by atoms with van der Waals surface area (Å²) in [5.41, 5.74) is 19.3. The van der Waals surface area contributed by atoms with Gasteiger partial charge in [-0.05, 0) is 233 Å². The van der Waals surface area contributed by atoms with E-state index in [9.17, 15) is 45.1 Å². The van der Waals surface area contributed by atoms with Gasteiger partial charge in [0.15, 0.2) is 0 Å². The van der Waals surface area contributed by atoms with E-state index in [1.54, 1.807) is 42.5 Å². The van der Waals surface area contributed by atoms with Gasteiger partial charge in [0, 0.05) is 41.1 Å². The van der Waals surface area contributed by atoms with Crippen LogP contribution in [0.3, 0.4) is 0 Å². The van der Waals surface area contributed by atoms with Crippen LogP contribution in [0, 0.1) is 50.0 Å². The number of ketones is 1. The van der Waals surface area contributed by atoms with E-state index in [4.69, 9.17) is 39.8 Å². The Hall–Kier alpha value is -5.57. The Bertz CT molecular complexity index is 4290. The van der Waals surface area contributed by atoms with Crippen LogP contribution in [-0.4, -0.2) is 75.1 Å². The molecule has 0 aromatic heterocycles. The quantitative estimate of drug-likeness (QED) is 0.0325. The number of benzene rings is 9.